The normalized spacial score (nSPS) is 12.5. The van der Waals surface area contributed by atoms with Crippen molar-refractivity contribution in [3.63, 3.8) is 0 Å². The van der Waals surface area contributed by atoms with Crippen LogP contribution in [0.15, 0.2) is 12.1 Å². The quantitative estimate of drug-likeness (QED) is 0.603. The summed E-state index contributed by atoms with van der Waals surface area (Å²) in [6, 6.07) is 4.28. The molecule has 0 aliphatic heterocycles. The van der Waals surface area contributed by atoms with E-state index in [4.69, 9.17) is 17.3 Å². The number of hydrogen-bond acceptors (Lipinski definition) is 3. The van der Waals surface area contributed by atoms with Gasteiger partial charge in [0, 0.05) is 11.7 Å². The maximum absolute atomic E-state index is 6.03. The van der Waals surface area contributed by atoms with Gasteiger partial charge in [-0.1, -0.05) is 18.5 Å². The molecule has 0 fully saturated rings. The third-order valence-electron chi connectivity index (χ3n) is 2.64. The van der Waals surface area contributed by atoms with Gasteiger partial charge in [0.05, 0.1) is 10.7 Å². The topological polar surface area (TPSA) is 38.0 Å². The number of benzene rings is 1. The standard InChI is InChI=1S/C13H21ClN2S/c1-4-17-6-5-10(3)16-13-8-11(14)12(15)7-9(13)2/h7-8,10,16H,4-6,15H2,1-3H3. The summed E-state index contributed by atoms with van der Waals surface area (Å²) in [5.41, 5.74) is 8.62. The molecule has 0 saturated carbocycles. The van der Waals surface area contributed by atoms with E-state index in [1.54, 1.807) is 0 Å². The van der Waals surface area contributed by atoms with Crippen LogP contribution in [-0.4, -0.2) is 17.5 Å². The van der Waals surface area contributed by atoms with Gasteiger partial charge in [-0.3, -0.25) is 0 Å². The van der Waals surface area contributed by atoms with Crippen LogP contribution in [0, 0.1) is 6.92 Å². The fraction of sp³-hybridized carbons (Fsp3) is 0.538. The van der Waals surface area contributed by atoms with Crippen LogP contribution in [0.4, 0.5) is 11.4 Å². The van der Waals surface area contributed by atoms with Gasteiger partial charge >= 0.3 is 0 Å². The van der Waals surface area contributed by atoms with Gasteiger partial charge in [0.15, 0.2) is 0 Å². The molecule has 0 heterocycles. The van der Waals surface area contributed by atoms with Crippen LogP contribution < -0.4 is 11.1 Å². The zero-order chi connectivity index (χ0) is 12.8. The molecule has 3 N–H and O–H groups in total. The highest BCUT2D eigenvalue weighted by Crippen LogP contribution is 2.27. The van der Waals surface area contributed by atoms with Crippen LogP contribution in [0.1, 0.15) is 25.8 Å². The number of aryl methyl sites for hydroxylation is 1. The van der Waals surface area contributed by atoms with E-state index < -0.39 is 0 Å². The third kappa shape index (κ3) is 4.68. The van der Waals surface area contributed by atoms with E-state index >= 15 is 0 Å². The average molecular weight is 273 g/mol. The first-order chi connectivity index (χ1) is 8.04. The lowest BCUT2D eigenvalue weighted by atomic mass is 10.1. The fourth-order valence-electron chi connectivity index (χ4n) is 1.60. The highest BCUT2D eigenvalue weighted by Gasteiger charge is 2.07. The maximum atomic E-state index is 6.03. The molecular weight excluding hydrogens is 252 g/mol. The lowest BCUT2D eigenvalue weighted by Crippen LogP contribution is -2.16. The molecule has 0 bridgehead atoms. The summed E-state index contributed by atoms with van der Waals surface area (Å²) < 4.78 is 0. The molecule has 0 radical (unpaired) electrons. The van der Waals surface area contributed by atoms with Crippen LogP contribution in [0.5, 0.6) is 0 Å². The van der Waals surface area contributed by atoms with Crippen molar-refractivity contribution in [3.05, 3.63) is 22.7 Å². The highest BCUT2D eigenvalue weighted by molar-refractivity contribution is 7.99. The summed E-state index contributed by atoms with van der Waals surface area (Å²) in [7, 11) is 0. The van der Waals surface area contributed by atoms with Gasteiger partial charge in [-0.2, -0.15) is 11.8 Å². The number of nitrogen functional groups attached to an aromatic ring is 1. The summed E-state index contributed by atoms with van der Waals surface area (Å²) in [5.74, 6) is 2.37. The second-order valence-corrected chi connectivity index (χ2v) is 6.02. The number of halogens is 1. The number of thioether (sulfide) groups is 1. The highest BCUT2D eigenvalue weighted by atomic mass is 35.5. The smallest absolute Gasteiger partial charge is 0.0656 e. The number of hydrogen-bond donors (Lipinski definition) is 2. The molecule has 2 nitrogen and oxygen atoms in total. The fourth-order valence-corrected chi connectivity index (χ4v) is 2.57. The number of nitrogens with two attached hydrogens (primary N) is 1. The minimum atomic E-state index is 0.451. The lowest BCUT2D eigenvalue weighted by Gasteiger charge is -2.17. The number of anilines is 2. The Bertz CT molecular complexity index is 369. The molecule has 17 heavy (non-hydrogen) atoms. The Hall–Kier alpha value is -0.540. The molecule has 0 aromatic heterocycles. The molecular formula is C13H21ClN2S. The van der Waals surface area contributed by atoms with E-state index in [0.717, 1.165) is 17.7 Å². The van der Waals surface area contributed by atoms with E-state index in [-0.39, 0.29) is 0 Å². The predicted molar refractivity (Wildman–Crippen MR) is 81.3 cm³/mol. The van der Waals surface area contributed by atoms with Crippen molar-refractivity contribution in [2.45, 2.75) is 33.2 Å². The number of nitrogens with one attached hydrogen (secondary N) is 1. The van der Waals surface area contributed by atoms with Crippen molar-refractivity contribution in [2.24, 2.45) is 0 Å². The van der Waals surface area contributed by atoms with Crippen LogP contribution in [-0.2, 0) is 0 Å². The Morgan fingerprint density at radius 1 is 1.47 bits per heavy atom. The summed E-state index contributed by atoms with van der Waals surface area (Å²) in [6.45, 7) is 6.43. The zero-order valence-corrected chi connectivity index (χ0v) is 12.3. The summed E-state index contributed by atoms with van der Waals surface area (Å²) in [6.07, 6.45) is 1.15. The van der Waals surface area contributed by atoms with Gasteiger partial charge < -0.3 is 11.1 Å². The zero-order valence-electron chi connectivity index (χ0n) is 10.7. The van der Waals surface area contributed by atoms with Crippen LogP contribution >= 0.6 is 23.4 Å². The van der Waals surface area contributed by atoms with Crippen molar-refractivity contribution < 1.29 is 0 Å². The molecule has 1 atom stereocenters. The van der Waals surface area contributed by atoms with Crippen molar-refractivity contribution in [2.75, 3.05) is 22.6 Å². The second kappa shape index (κ2) is 7.02. The molecule has 1 aromatic carbocycles. The van der Waals surface area contributed by atoms with Gasteiger partial charge in [-0.25, -0.2) is 0 Å². The molecule has 0 spiro atoms. The Balaban J connectivity index is 2.58. The van der Waals surface area contributed by atoms with Gasteiger partial charge in [0.1, 0.15) is 0 Å². The van der Waals surface area contributed by atoms with Crippen LogP contribution in [0.3, 0.4) is 0 Å². The van der Waals surface area contributed by atoms with Crippen molar-refractivity contribution in [3.8, 4) is 0 Å². The van der Waals surface area contributed by atoms with Crippen molar-refractivity contribution in [1.82, 2.24) is 0 Å². The average Bonchev–Trinajstić information content (AvgIpc) is 2.26. The summed E-state index contributed by atoms with van der Waals surface area (Å²) >= 11 is 8.00. The van der Waals surface area contributed by atoms with Gasteiger partial charge in [0.25, 0.3) is 0 Å². The Morgan fingerprint density at radius 2 is 2.18 bits per heavy atom. The van der Waals surface area contributed by atoms with Crippen molar-refractivity contribution >= 4 is 34.7 Å². The van der Waals surface area contributed by atoms with Gasteiger partial charge in [0.2, 0.25) is 0 Å². The summed E-state index contributed by atoms with van der Waals surface area (Å²) in [4.78, 5) is 0. The Kier molecular flexibility index (Phi) is 6.00. The van der Waals surface area contributed by atoms with Gasteiger partial charge in [-0.15, -0.1) is 0 Å². The van der Waals surface area contributed by atoms with E-state index in [1.165, 1.54) is 11.5 Å². The number of rotatable bonds is 6. The molecule has 96 valence electrons. The molecule has 0 aliphatic carbocycles. The lowest BCUT2D eigenvalue weighted by molar-refractivity contribution is 0.771. The Labute approximate surface area is 113 Å². The first-order valence-corrected chi connectivity index (χ1v) is 7.47. The van der Waals surface area contributed by atoms with Crippen molar-refractivity contribution in [1.29, 1.82) is 0 Å². The molecule has 0 aliphatic rings. The molecule has 4 heteroatoms. The largest absolute Gasteiger partial charge is 0.398 e. The SMILES string of the molecule is CCSCCC(C)Nc1cc(Cl)c(N)cc1C. The Morgan fingerprint density at radius 3 is 2.82 bits per heavy atom. The maximum Gasteiger partial charge on any atom is 0.0656 e. The van der Waals surface area contributed by atoms with E-state index in [2.05, 4.69) is 19.2 Å². The van der Waals surface area contributed by atoms with Crippen LogP contribution in [0.25, 0.3) is 0 Å². The first-order valence-electron chi connectivity index (χ1n) is 5.94. The second-order valence-electron chi connectivity index (χ2n) is 4.22. The predicted octanol–water partition coefficient (Wildman–Crippen LogP) is 4.17. The van der Waals surface area contributed by atoms with Gasteiger partial charge in [-0.05, 0) is 49.5 Å². The molecule has 1 rings (SSSR count). The van der Waals surface area contributed by atoms with E-state index in [1.807, 2.05) is 30.8 Å². The molecule has 0 saturated heterocycles. The van der Waals surface area contributed by atoms with Crippen LogP contribution in [0.2, 0.25) is 5.02 Å². The van der Waals surface area contributed by atoms with E-state index in [0.29, 0.717) is 16.8 Å². The molecule has 1 aromatic rings. The minimum Gasteiger partial charge on any atom is -0.398 e. The monoisotopic (exact) mass is 272 g/mol. The minimum absolute atomic E-state index is 0.451. The molecule has 1 unspecified atom stereocenters. The van der Waals surface area contributed by atoms with E-state index in [9.17, 15) is 0 Å². The first kappa shape index (κ1) is 14.5. The molecule has 0 amide bonds. The summed E-state index contributed by atoms with van der Waals surface area (Å²) in [5, 5.41) is 4.10. The third-order valence-corrected chi connectivity index (χ3v) is 3.90.